The molecule has 7 aromatic heterocycles. The Morgan fingerprint density at radius 2 is 1.37 bits per heavy atom. The van der Waals surface area contributed by atoms with Gasteiger partial charge in [-0.1, -0.05) is 32.9 Å². The van der Waals surface area contributed by atoms with Gasteiger partial charge in [0.2, 0.25) is 5.91 Å². The summed E-state index contributed by atoms with van der Waals surface area (Å²) in [6.07, 6.45) is 3.07. The molecule has 8 rings (SSSR count). The molecule has 0 spiro atoms. The van der Waals surface area contributed by atoms with Gasteiger partial charge in [0.05, 0.1) is 35.7 Å². The minimum Gasteiger partial charge on any atom is -0.391 e. The number of nitrogens with one attached hydrogen (secondary N) is 5. The Bertz CT molecular complexity index is 3400. The largest absolute Gasteiger partial charge is 0.391 e. The Labute approximate surface area is 478 Å². The van der Waals surface area contributed by atoms with Crippen LogP contribution in [0.25, 0.3) is 49.1 Å². The van der Waals surface area contributed by atoms with E-state index >= 15 is 0 Å². The Morgan fingerprint density at radius 1 is 0.709 bits per heavy atom. The smallest absolute Gasteiger partial charge is 0.275 e. The van der Waals surface area contributed by atoms with E-state index in [0.29, 0.717) is 91.3 Å². The highest BCUT2D eigenvalue weighted by atomic mass is 32.1. The quantitative estimate of drug-likeness (QED) is 0.0341. The number of rotatable bonds is 23. The van der Waals surface area contributed by atoms with Crippen LogP contribution in [0.4, 0.5) is 0 Å². The fourth-order valence-electron chi connectivity index (χ4n) is 7.69. The Hall–Kier alpha value is -6.89. The lowest BCUT2D eigenvalue weighted by atomic mass is 10.1. The van der Waals surface area contributed by atoms with Crippen molar-refractivity contribution < 1.29 is 38.6 Å². The first kappa shape index (κ1) is 58.3. The molecule has 1 aliphatic rings. The first-order valence-electron chi connectivity index (χ1n) is 24.9. The maximum atomic E-state index is 13.8. The molecule has 3 atom stereocenters. The molecular weight excluding hydrogens is 1130 g/mol. The predicted octanol–water partition coefficient (Wildman–Crippen LogP) is 6.41. The van der Waals surface area contributed by atoms with Gasteiger partial charge in [-0.2, -0.15) is 0 Å². The standard InChI is InChI=1S/C51H56N14O8S6/c1-7-28(42(68)53-12-13-65-14-16-73-17-15-65)56-45(71)36-23-77-50(62-36)37-24-78-49(63-37)31-11-10-27(40(55-31)32-19-79-51(59-32)39(26(6)66)64-46(72)34-21-74-38(54-34)18-25(4)5)47-61-35(22-75-47)44(70)57-29(8-2)43(69)58-30(9-3)48-60-33(20-76-48)41(52)67/h7,9-11,19-26,29,39,66H,8,12-18H2,1-6H3,(H2,52,67)(H,53,68)(H,56,71)(H,57,70)(H,58,69)(H,64,72)/b28-7-,30-9-/t26-,29+,39+/m1/s1. The Balaban J connectivity index is 1.03. The van der Waals surface area contributed by atoms with Crippen LogP contribution in [0, 0.1) is 5.92 Å². The molecule has 1 fully saturated rings. The summed E-state index contributed by atoms with van der Waals surface area (Å²) in [5.74, 6) is -2.88. The SMILES string of the molecule is C/C=C(\NC(=O)c1csc(-c2csc(-c3ccc(-c4nc(C(=O)N[C@@H](CC)C(=O)N/C(=C\C)c5nc(C(N)=O)cs5)cs4)c(-c4csc([C@@H](NC(=O)c5csc(CC(C)C)n5)[C@@H](C)O)n4)n3)n2)n1)C(=O)NCCN1CCOCC1. The fraction of sp³-hybridized carbons (Fsp3) is 0.353. The normalized spacial score (nSPS) is 14.4. The van der Waals surface area contributed by atoms with Crippen LogP contribution < -0.4 is 32.3 Å². The fourth-order valence-corrected chi connectivity index (χ4v) is 12.9. The van der Waals surface area contributed by atoms with Crippen LogP contribution >= 0.6 is 68.0 Å². The van der Waals surface area contributed by atoms with Crippen molar-refractivity contribution in [3.05, 3.63) is 100 Å². The predicted molar refractivity (Wildman–Crippen MR) is 307 cm³/mol. The van der Waals surface area contributed by atoms with Crippen molar-refractivity contribution in [1.82, 2.24) is 66.4 Å². The van der Waals surface area contributed by atoms with E-state index in [9.17, 15) is 33.9 Å². The summed E-state index contributed by atoms with van der Waals surface area (Å²) in [4.78, 5) is 114. The van der Waals surface area contributed by atoms with Crippen LogP contribution in [0.3, 0.4) is 0 Å². The number of thiazole rings is 6. The number of aliphatic hydroxyl groups excluding tert-OH is 1. The molecule has 0 radical (unpaired) electrons. The van der Waals surface area contributed by atoms with E-state index in [1.165, 1.54) is 68.1 Å². The van der Waals surface area contributed by atoms with Crippen molar-refractivity contribution in [1.29, 1.82) is 0 Å². The highest BCUT2D eigenvalue weighted by Gasteiger charge is 2.29. The van der Waals surface area contributed by atoms with Gasteiger partial charge in [-0.15, -0.1) is 68.0 Å². The van der Waals surface area contributed by atoms with Crippen LogP contribution in [-0.2, 0) is 20.7 Å². The molecular formula is C51H56N14O8S6. The zero-order valence-corrected chi connectivity index (χ0v) is 48.5. The number of primary amides is 1. The van der Waals surface area contributed by atoms with E-state index < -0.39 is 53.6 Å². The van der Waals surface area contributed by atoms with Crippen LogP contribution in [0.1, 0.15) is 111 Å². The van der Waals surface area contributed by atoms with Crippen molar-refractivity contribution in [2.24, 2.45) is 11.7 Å². The number of allylic oxidation sites excluding steroid dienone is 2. The number of carbonyl (C=O) groups excluding carboxylic acids is 6. The minimum atomic E-state index is -1.05. The second-order valence-corrected chi connectivity index (χ2v) is 23.4. The minimum absolute atomic E-state index is 0.0405. The molecule has 0 saturated carbocycles. The molecule has 1 aliphatic heterocycles. The second-order valence-electron chi connectivity index (χ2n) is 18.1. The van der Waals surface area contributed by atoms with Crippen LogP contribution in [-0.4, -0.2) is 132 Å². The van der Waals surface area contributed by atoms with Crippen molar-refractivity contribution >= 4 is 109 Å². The molecule has 28 heteroatoms. The number of ether oxygens (including phenoxy) is 1. The highest BCUT2D eigenvalue weighted by molar-refractivity contribution is 7.15. The van der Waals surface area contributed by atoms with Crippen LogP contribution in [0.5, 0.6) is 0 Å². The first-order valence-corrected chi connectivity index (χ1v) is 30.2. The molecule has 0 aliphatic carbocycles. The van der Waals surface area contributed by atoms with Gasteiger partial charge >= 0.3 is 0 Å². The van der Waals surface area contributed by atoms with E-state index in [1.807, 2.05) is 0 Å². The van der Waals surface area contributed by atoms with Crippen LogP contribution in [0.15, 0.2) is 62.3 Å². The van der Waals surface area contributed by atoms with E-state index in [0.717, 1.165) is 35.9 Å². The summed E-state index contributed by atoms with van der Waals surface area (Å²) in [5.41, 5.74) is 8.46. The number of carbonyl (C=O) groups is 6. The van der Waals surface area contributed by atoms with Crippen molar-refractivity contribution in [3.8, 4) is 43.4 Å². The third-order valence-electron chi connectivity index (χ3n) is 11.9. The van der Waals surface area contributed by atoms with Crippen LogP contribution in [0.2, 0.25) is 0 Å². The first-order chi connectivity index (χ1) is 38.0. The number of aliphatic hydroxyl groups is 1. The molecule has 79 heavy (non-hydrogen) atoms. The summed E-state index contributed by atoms with van der Waals surface area (Å²) in [7, 11) is 0. The topological polar surface area (TPSA) is 312 Å². The van der Waals surface area contributed by atoms with Gasteiger partial charge in [-0.3, -0.25) is 33.7 Å². The zero-order valence-electron chi connectivity index (χ0n) is 43.6. The summed E-state index contributed by atoms with van der Waals surface area (Å²) in [5, 5.41) is 37.9. The average Bonchev–Trinajstić information content (AvgIpc) is 4.35. The van der Waals surface area contributed by atoms with E-state index in [1.54, 1.807) is 72.8 Å². The molecule has 0 unspecified atom stereocenters. The van der Waals surface area contributed by atoms with E-state index in [-0.39, 0.29) is 34.9 Å². The number of nitrogens with zero attached hydrogens (tertiary/aromatic N) is 8. The molecule has 0 aromatic carbocycles. The number of nitrogens with two attached hydrogens (primary N) is 1. The van der Waals surface area contributed by atoms with E-state index in [4.69, 9.17) is 30.4 Å². The van der Waals surface area contributed by atoms with Crippen molar-refractivity contribution in [2.45, 2.75) is 72.6 Å². The molecule has 6 amide bonds. The Morgan fingerprint density at radius 3 is 2.06 bits per heavy atom. The highest BCUT2D eigenvalue weighted by Crippen LogP contribution is 2.38. The lowest BCUT2D eigenvalue weighted by molar-refractivity contribution is -0.122. The maximum Gasteiger partial charge on any atom is 0.275 e. The molecule has 414 valence electrons. The van der Waals surface area contributed by atoms with Gasteiger partial charge in [-0.25, -0.2) is 34.9 Å². The van der Waals surface area contributed by atoms with Crippen molar-refractivity contribution in [2.75, 3.05) is 39.4 Å². The summed E-state index contributed by atoms with van der Waals surface area (Å²) < 4.78 is 5.39. The number of morpholine rings is 1. The van der Waals surface area contributed by atoms with Gasteiger partial charge in [-0.05, 0) is 45.2 Å². The Kier molecular flexibility index (Phi) is 19.8. The lowest BCUT2D eigenvalue weighted by Crippen LogP contribution is -2.45. The third-order valence-corrected chi connectivity index (χ3v) is 17.2. The average molecular weight is 1190 g/mol. The summed E-state index contributed by atoms with van der Waals surface area (Å²) in [6.45, 7) is 14.8. The van der Waals surface area contributed by atoms with E-state index in [2.05, 4.69) is 60.3 Å². The molecule has 8 N–H and O–H groups in total. The molecule has 7 aromatic rings. The third kappa shape index (κ3) is 14.7. The lowest BCUT2D eigenvalue weighted by Gasteiger charge is -2.26. The summed E-state index contributed by atoms with van der Waals surface area (Å²) >= 11 is 7.44. The number of amides is 6. The maximum absolute atomic E-state index is 13.8. The van der Waals surface area contributed by atoms with Gasteiger partial charge in [0, 0.05) is 70.4 Å². The van der Waals surface area contributed by atoms with Crippen molar-refractivity contribution in [3.63, 3.8) is 0 Å². The molecule has 1 saturated heterocycles. The molecule has 0 bridgehead atoms. The van der Waals surface area contributed by atoms with Gasteiger partial charge < -0.3 is 42.2 Å². The van der Waals surface area contributed by atoms with Gasteiger partial charge in [0.25, 0.3) is 29.5 Å². The molecule has 22 nitrogen and oxygen atoms in total. The second kappa shape index (κ2) is 26.8. The number of hydrogen-bond acceptors (Lipinski definition) is 22. The number of pyridine rings is 1. The number of aromatic nitrogens is 7. The molecule has 8 heterocycles. The van der Waals surface area contributed by atoms with Gasteiger partial charge in [0.15, 0.2) is 0 Å². The monoisotopic (exact) mass is 1180 g/mol. The zero-order chi connectivity index (χ0) is 56.3. The number of hydrogen-bond donors (Lipinski definition) is 7. The van der Waals surface area contributed by atoms with Gasteiger partial charge in [0.1, 0.15) is 82.7 Å². The summed E-state index contributed by atoms with van der Waals surface area (Å²) in [6, 6.07) is 1.66.